The molecular formula is C22H27N7O. The average molecular weight is 406 g/mol. The number of hydrogen-bond donors (Lipinski definition) is 0. The van der Waals surface area contributed by atoms with Gasteiger partial charge in [-0.1, -0.05) is 26.0 Å². The van der Waals surface area contributed by atoms with Gasteiger partial charge in [0.1, 0.15) is 11.5 Å². The highest BCUT2D eigenvalue weighted by molar-refractivity contribution is 5.76. The van der Waals surface area contributed by atoms with Gasteiger partial charge in [-0.3, -0.25) is 14.0 Å². The summed E-state index contributed by atoms with van der Waals surface area (Å²) in [7, 11) is 1.89. The maximum Gasteiger partial charge on any atom is 0.261 e. The first-order chi connectivity index (χ1) is 14.5. The Morgan fingerprint density at radius 2 is 1.97 bits per heavy atom. The Hall–Kier alpha value is -3.29. The second kappa shape index (κ2) is 8.61. The summed E-state index contributed by atoms with van der Waals surface area (Å²) in [5.41, 5.74) is 1.62. The van der Waals surface area contributed by atoms with Gasteiger partial charge in [0.05, 0.1) is 29.6 Å². The molecule has 0 aliphatic heterocycles. The molecule has 0 radical (unpaired) electrons. The fourth-order valence-corrected chi connectivity index (χ4v) is 3.47. The number of aryl methyl sites for hydroxylation is 4. The predicted octanol–water partition coefficient (Wildman–Crippen LogP) is 2.93. The Bertz CT molecular complexity index is 1200. The number of aromatic nitrogens is 7. The monoisotopic (exact) mass is 405 g/mol. The van der Waals surface area contributed by atoms with E-state index in [-0.39, 0.29) is 5.56 Å². The minimum Gasteiger partial charge on any atom is -0.299 e. The van der Waals surface area contributed by atoms with E-state index >= 15 is 0 Å². The van der Waals surface area contributed by atoms with Crippen molar-refractivity contribution < 1.29 is 0 Å². The first kappa shape index (κ1) is 20.0. The van der Waals surface area contributed by atoms with E-state index in [0.717, 1.165) is 42.1 Å². The van der Waals surface area contributed by atoms with E-state index in [1.54, 1.807) is 21.8 Å². The highest BCUT2D eigenvalue weighted by Gasteiger charge is 2.14. The molecular weight excluding hydrogens is 378 g/mol. The lowest BCUT2D eigenvalue weighted by Crippen LogP contribution is -2.21. The summed E-state index contributed by atoms with van der Waals surface area (Å²) >= 11 is 0. The normalized spacial score (nSPS) is 11.6. The fraction of sp³-hybridized carbons (Fsp3) is 0.409. The molecule has 1 aromatic carbocycles. The highest BCUT2D eigenvalue weighted by Crippen LogP contribution is 2.14. The van der Waals surface area contributed by atoms with Gasteiger partial charge < -0.3 is 0 Å². The van der Waals surface area contributed by atoms with Gasteiger partial charge in [0, 0.05) is 26.4 Å². The summed E-state index contributed by atoms with van der Waals surface area (Å²) in [6.07, 6.45) is 8.74. The van der Waals surface area contributed by atoms with Gasteiger partial charge in [-0.05, 0) is 30.9 Å². The Kier molecular flexibility index (Phi) is 5.74. The number of fused-ring (bicyclic) bond motifs is 1. The predicted molar refractivity (Wildman–Crippen MR) is 116 cm³/mol. The fourth-order valence-electron chi connectivity index (χ4n) is 3.47. The quantitative estimate of drug-likeness (QED) is 0.450. The zero-order chi connectivity index (χ0) is 21.1. The molecule has 0 aliphatic rings. The van der Waals surface area contributed by atoms with Crippen LogP contribution in [-0.2, 0) is 26.4 Å². The van der Waals surface area contributed by atoms with Gasteiger partial charge >= 0.3 is 0 Å². The van der Waals surface area contributed by atoms with Crippen molar-refractivity contribution in [2.75, 3.05) is 0 Å². The molecule has 30 heavy (non-hydrogen) atoms. The molecule has 3 aromatic heterocycles. The van der Waals surface area contributed by atoms with Crippen LogP contribution in [0.15, 0.2) is 47.8 Å². The number of hydrogen-bond acceptors (Lipinski definition) is 5. The molecule has 3 heterocycles. The van der Waals surface area contributed by atoms with Crippen molar-refractivity contribution in [1.82, 2.24) is 34.1 Å². The van der Waals surface area contributed by atoms with Gasteiger partial charge in [0.25, 0.3) is 5.56 Å². The van der Waals surface area contributed by atoms with E-state index in [1.165, 1.54) is 0 Å². The highest BCUT2D eigenvalue weighted by atomic mass is 16.1. The standard InChI is InChI=1S/C22H27N7O/c1-16(2)10-11-20-25-21(29(26-20)17-13-24-27(3)14-17)9-6-12-28-15-23-19-8-5-4-7-18(19)22(28)30/h4-5,7-8,13-16H,6,9-12H2,1-3H3. The molecule has 0 unspecified atom stereocenters. The molecule has 156 valence electrons. The third-order valence-electron chi connectivity index (χ3n) is 5.13. The number of nitrogens with zero attached hydrogens (tertiary/aromatic N) is 7. The van der Waals surface area contributed by atoms with Crippen LogP contribution in [0, 0.1) is 5.92 Å². The van der Waals surface area contributed by atoms with E-state index in [9.17, 15) is 4.79 Å². The van der Waals surface area contributed by atoms with Crippen LogP contribution in [0.25, 0.3) is 16.6 Å². The van der Waals surface area contributed by atoms with Crippen molar-refractivity contribution in [3.8, 4) is 5.69 Å². The summed E-state index contributed by atoms with van der Waals surface area (Å²) in [6.45, 7) is 4.99. The van der Waals surface area contributed by atoms with Crippen molar-refractivity contribution in [2.24, 2.45) is 13.0 Å². The first-order valence-electron chi connectivity index (χ1n) is 10.4. The van der Waals surface area contributed by atoms with E-state index < -0.39 is 0 Å². The van der Waals surface area contributed by atoms with Crippen LogP contribution in [0.1, 0.15) is 38.3 Å². The second-order valence-electron chi connectivity index (χ2n) is 8.02. The molecule has 0 spiro atoms. The van der Waals surface area contributed by atoms with Gasteiger partial charge in [-0.15, -0.1) is 0 Å². The van der Waals surface area contributed by atoms with Crippen LogP contribution in [0.5, 0.6) is 0 Å². The van der Waals surface area contributed by atoms with Crippen molar-refractivity contribution >= 4 is 10.9 Å². The zero-order valence-electron chi connectivity index (χ0n) is 17.7. The van der Waals surface area contributed by atoms with E-state index in [4.69, 9.17) is 10.1 Å². The lowest BCUT2D eigenvalue weighted by atomic mass is 10.1. The van der Waals surface area contributed by atoms with E-state index in [0.29, 0.717) is 24.3 Å². The molecule has 4 aromatic rings. The first-order valence-corrected chi connectivity index (χ1v) is 10.4. The molecule has 0 N–H and O–H groups in total. The van der Waals surface area contributed by atoms with Crippen LogP contribution >= 0.6 is 0 Å². The van der Waals surface area contributed by atoms with Crippen LogP contribution in [0.4, 0.5) is 0 Å². The number of rotatable bonds is 8. The van der Waals surface area contributed by atoms with Crippen LogP contribution in [0.3, 0.4) is 0 Å². The van der Waals surface area contributed by atoms with Crippen molar-refractivity contribution in [1.29, 1.82) is 0 Å². The maximum atomic E-state index is 12.7. The molecule has 0 saturated heterocycles. The van der Waals surface area contributed by atoms with Gasteiger partial charge in [0.2, 0.25) is 0 Å². The van der Waals surface area contributed by atoms with Gasteiger partial charge in [-0.25, -0.2) is 14.6 Å². The summed E-state index contributed by atoms with van der Waals surface area (Å²) in [5.74, 6) is 2.35. The second-order valence-corrected chi connectivity index (χ2v) is 8.02. The molecule has 0 saturated carbocycles. The Balaban J connectivity index is 1.52. The minimum absolute atomic E-state index is 0.00745. The molecule has 0 aliphatic carbocycles. The molecule has 0 fully saturated rings. The van der Waals surface area contributed by atoms with Crippen molar-refractivity contribution in [2.45, 2.75) is 46.1 Å². The van der Waals surface area contributed by atoms with E-state index in [2.05, 4.69) is 23.9 Å². The molecule has 4 rings (SSSR count). The number of benzene rings is 1. The zero-order valence-corrected chi connectivity index (χ0v) is 17.7. The smallest absolute Gasteiger partial charge is 0.261 e. The third kappa shape index (κ3) is 4.32. The van der Waals surface area contributed by atoms with Crippen LogP contribution < -0.4 is 5.56 Å². The van der Waals surface area contributed by atoms with Crippen LogP contribution in [-0.4, -0.2) is 34.1 Å². The number of para-hydroxylation sites is 1. The Morgan fingerprint density at radius 1 is 1.13 bits per heavy atom. The van der Waals surface area contributed by atoms with E-state index in [1.807, 2.05) is 42.2 Å². The Morgan fingerprint density at radius 3 is 2.73 bits per heavy atom. The maximum absolute atomic E-state index is 12.7. The van der Waals surface area contributed by atoms with Gasteiger partial charge in [0.15, 0.2) is 5.82 Å². The summed E-state index contributed by atoms with van der Waals surface area (Å²) in [6, 6.07) is 7.43. The molecule has 8 nitrogen and oxygen atoms in total. The minimum atomic E-state index is -0.00745. The lowest BCUT2D eigenvalue weighted by molar-refractivity contribution is 0.574. The molecule has 0 bridgehead atoms. The van der Waals surface area contributed by atoms with Crippen molar-refractivity contribution in [3.63, 3.8) is 0 Å². The topological polar surface area (TPSA) is 83.4 Å². The van der Waals surface area contributed by atoms with Crippen molar-refractivity contribution in [3.05, 3.63) is 65.0 Å². The lowest BCUT2D eigenvalue weighted by Gasteiger charge is -2.07. The van der Waals surface area contributed by atoms with Crippen LogP contribution in [0.2, 0.25) is 0 Å². The largest absolute Gasteiger partial charge is 0.299 e. The summed E-state index contributed by atoms with van der Waals surface area (Å²) in [5, 5.41) is 9.63. The molecule has 8 heteroatoms. The Labute approximate surface area is 175 Å². The van der Waals surface area contributed by atoms with Gasteiger partial charge in [-0.2, -0.15) is 10.2 Å². The summed E-state index contributed by atoms with van der Waals surface area (Å²) < 4.78 is 5.31. The SMILES string of the molecule is CC(C)CCc1nc(CCCn2cnc3ccccc3c2=O)n(-c2cnn(C)c2)n1. The summed E-state index contributed by atoms with van der Waals surface area (Å²) in [4.78, 5) is 21.9. The third-order valence-corrected chi connectivity index (χ3v) is 5.13. The average Bonchev–Trinajstić information content (AvgIpc) is 3.34. The molecule has 0 atom stereocenters. The molecule has 0 amide bonds.